The SMILES string of the molecule is CC(=O)O[C@@]12CO[C@@H]1C[C@H](O)[C@@]1(C)C(=O)[C@H](O)C3=C(C)[C@@H](OC(=O)[C@H](O)[C@@H](NC(=O)OC(C)(C)C)c4ccccc4)C[C@@](O)(C[C@H]21)C3(C)C.CC(=O)O[C@H]1C(=O)[C@@]2(C)C([C@H](OC(=O)c3ccccc3)[C@]3(O)C[C@H](OC(=O)[C@H](O)[C@@H](NC(=O)c4ccccc4)c4ccccc4)C(C)=C1C3(C)C)[C@]1(OC(C)=O)CO[C@@H]1C[C@@H]2O.O=C(O)c1ccccc1. The highest BCUT2D eigenvalue weighted by atomic mass is 16.6. The number of alkyl carbamates (subject to hydrolysis) is 1. The van der Waals surface area contributed by atoms with Crippen molar-refractivity contribution in [1.82, 2.24) is 10.6 Å². The van der Waals surface area contributed by atoms with E-state index < -0.39 is 213 Å². The van der Waals surface area contributed by atoms with Gasteiger partial charge in [-0.25, -0.2) is 24.0 Å². The lowest BCUT2D eigenvalue weighted by Gasteiger charge is -2.67. The minimum Gasteiger partial charge on any atom is -0.478 e. The number of aromatic carboxylic acids is 1. The molecule has 1 unspecified atom stereocenters. The number of benzene rings is 5. The van der Waals surface area contributed by atoms with Crippen LogP contribution in [0.15, 0.2) is 174 Å². The third-order valence-electron chi connectivity index (χ3n) is 25.8. The number of Topliss-reactive ketones (excluding diaryl/α,β-unsaturated/α-hetero) is 2. The Hall–Kier alpha value is -10.4. The molecule has 2 saturated heterocycles. The lowest BCUT2D eigenvalue weighted by atomic mass is 9.44. The van der Waals surface area contributed by atoms with Crippen LogP contribution in [-0.2, 0) is 76.2 Å². The summed E-state index contributed by atoms with van der Waals surface area (Å²) in [6.07, 6.45) is -18.8. The number of fused-ring (bicyclic) bond motifs is 10. The fourth-order valence-electron chi connectivity index (χ4n) is 19.3. The molecule has 120 heavy (non-hydrogen) atoms. The van der Waals surface area contributed by atoms with Gasteiger partial charge in [0.15, 0.2) is 41.1 Å². The molecule has 0 radical (unpaired) electrons. The average Bonchev–Trinajstić information content (AvgIpc) is 0.672. The maximum absolute atomic E-state index is 15.5. The second-order valence-electron chi connectivity index (χ2n) is 34.8. The summed E-state index contributed by atoms with van der Waals surface area (Å²) in [5.74, 6) is -11.2. The molecular weight excluding hydrogens is 1560 g/mol. The predicted octanol–water partition coefficient (Wildman–Crippen LogP) is 7.54. The first kappa shape index (κ1) is 90.4. The Morgan fingerprint density at radius 1 is 0.508 bits per heavy atom. The molecule has 8 aliphatic rings. The molecule has 5 aromatic rings. The third-order valence-corrected chi connectivity index (χ3v) is 25.8. The van der Waals surface area contributed by atoms with Gasteiger partial charge in [0.1, 0.15) is 47.8 Å². The van der Waals surface area contributed by atoms with Crippen LogP contribution in [0.4, 0.5) is 4.79 Å². The highest BCUT2D eigenvalue weighted by molar-refractivity contribution is 5.97. The van der Waals surface area contributed by atoms with Crippen molar-refractivity contribution in [2.75, 3.05) is 13.2 Å². The Morgan fingerprint density at radius 2 is 0.942 bits per heavy atom. The van der Waals surface area contributed by atoms with Gasteiger partial charge in [-0.1, -0.05) is 143 Å². The molecule has 4 saturated carbocycles. The summed E-state index contributed by atoms with van der Waals surface area (Å²) in [6.45, 7) is 20.6. The molecule has 2 aliphatic heterocycles. The number of nitrogens with one attached hydrogen (secondary N) is 2. The molecule has 6 fully saturated rings. The van der Waals surface area contributed by atoms with E-state index in [1.807, 2.05) is 0 Å². The molecule has 5 aromatic carbocycles. The number of ketones is 2. The van der Waals surface area contributed by atoms with Crippen LogP contribution in [0.5, 0.6) is 0 Å². The Bertz CT molecular complexity index is 4800. The highest BCUT2D eigenvalue weighted by Crippen LogP contribution is 2.66. The summed E-state index contributed by atoms with van der Waals surface area (Å²) < 4.78 is 53.1. The number of carbonyl (C=O) groups excluding carboxylic acids is 10. The van der Waals surface area contributed by atoms with Crippen molar-refractivity contribution in [2.24, 2.45) is 33.5 Å². The Labute approximate surface area is 693 Å². The van der Waals surface area contributed by atoms with Crippen molar-refractivity contribution in [3.63, 3.8) is 0 Å². The van der Waals surface area contributed by atoms with E-state index in [9.17, 15) is 83.7 Å². The maximum Gasteiger partial charge on any atom is 0.408 e. The molecule has 10 N–H and O–H groups in total. The van der Waals surface area contributed by atoms with E-state index in [4.69, 9.17) is 47.7 Å². The normalized spacial score (nSPS) is 32.0. The number of aliphatic hydroxyl groups excluding tert-OH is 5. The first-order valence-electron chi connectivity index (χ1n) is 39.7. The Kier molecular flexibility index (Phi) is 25.8. The molecular formula is C90H106N2O28. The van der Waals surface area contributed by atoms with Crippen molar-refractivity contribution in [3.8, 4) is 0 Å². The molecule has 30 heteroatoms. The lowest BCUT2D eigenvalue weighted by molar-refractivity contribution is -0.346. The van der Waals surface area contributed by atoms with Crippen LogP contribution in [0.2, 0.25) is 0 Å². The number of hydrogen-bond acceptors (Lipinski definition) is 27. The van der Waals surface area contributed by atoms with E-state index in [0.29, 0.717) is 22.3 Å². The van der Waals surface area contributed by atoms with Crippen molar-refractivity contribution in [2.45, 2.75) is 236 Å². The van der Waals surface area contributed by atoms with E-state index in [1.165, 1.54) is 39.8 Å². The van der Waals surface area contributed by atoms with Gasteiger partial charge in [0.2, 0.25) is 0 Å². The second kappa shape index (κ2) is 34.2. The number of amides is 2. The standard InChI is InChI=1S/C47H51NO14.C36H49NO12.C7H6O2/c1-25-31(60-43(56)36(52)35(28-16-10-7-11-17-28)48-41(54)29-18-12-8-13-19-29)23-47(57)40(61-42(55)30-20-14-9-15-21-30)38-45(6,32(51)22-33-46(38,24-58-33)62-27(3)50)39(53)37(59-26(2)49)34(25)44(47,4)5;1-18-21(47-30(43)28(41)26(20-12-10-9-11-13-20)37-31(44)49-32(3,4)5)15-35(45)16-22-34(8,29(42)27(40)25(18)33(35,6)7)23(39)14-24-36(22,17-46-24)48-19(2)38;8-7(9)6-4-2-1-3-5-6/h7-21,31-33,35-38,40,51-52,57H,22-24H2,1-6H3,(H,48,54);9-13,21-24,26-28,39-41,45H,14-17H2,1-8H3,(H,37,44);1-5H,(H,8,9)/t31-,32-,33+,35-,36+,37+,38?,40-,45+,46-,47+;21-,22-,23-,24+,26-,27+,28+,34-,35+,36+;/m00./s1. The van der Waals surface area contributed by atoms with Crippen LogP contribution in [0.25, 0.3) is 0 Å². The Balaban J connectivity index is 0.000000217. The Morgan fingerprint density at radius 3 is 1.39 bits per heavy atom. The summed E-state index contributed by atoms with van der Waals surface area (Å²) in [4.78, 5) is 147. The van der Waals surface area contributed by atoms with Gasteiger partial charge in [0.25, 0.3) is 5.91 Å². The minimum atomic E-state index is -2.39. The van der Waals surface area contributed by atoms with Gasteiger partial charge in [-0.2, -0.15) is 0 Å². The van der Waals surface area contributed by atoms with Gasteiger partial charge in [0, 0.05) is 68.8 Å². The van der Waals surface area contributed by atoms with E-state index >= 15 is 4.79 Å². The number of hydrogen-bond donors (Lipinski definition) is 10. The van der Waals surface area contributed by atoms with Crippen LogP contribution >= 0.6 is 0 Å². The summed E-state index contributed by atoms with van der Waals surface area (Å²) in [6, 6.07) is 38.3. The molecule has 0 aromatic heterocycles. The number of ether oxygens (including phenoxy) is 9. The molecule has 4 bridgehead atoms. The van der Waals surface area contributed by atoms with Crippen molar-refractivity contribution in [1.29, 1.82) is 0 Å². The fraction of sp³-hybridized carbons (Fsp3) is 0.500. The van der Waals surface area contributed by atoms with E-state index in [1.54, 1.807) is 195 Å². The lowest BCUT2D eigenvalue weighted by Crippen LogP contribution is -2.82. The predicted molar refractivity (Wildman–Crippen MR) is 424 cm³/mol. The number of carboxylic acids is 1. The van der Waals surface area contributed by atoms with Gasteiger partial charge in [-0.3, -0.25) is 28.8 Å². The van der Waals surface area contributed by atoms with Gasteiger partial charge < -0.3 is 94.1 Å². The second-order valence-corrected chi connectivity index (χ2v) is 34.8. The minimum absolute atomic E-state index is 0.00289. The number of carboxylic acid groups (broad SMARTS) is 1. The van der Waals surface area contributed by atoms with Crippen molar-refractivity contribution < 1.29 is 136 Å². The molecule has 21 atom stereocenters. The van der Waals surface area contributed by atoms with E-state index in [2.05, 4.69) is 10.6 Å². The van der Waals surface area contributed by atoms with Gasteiger partial charge in [-0.05, 0) is 125 Å². The van der Waals surface area contributed by atoms with Gasteiger partial charge in [-0.15, -0.1) is 0 Å². The summed E-state index contributed by atoms with van der Waals surface area (Å²) in [7, 11) is 0. The fourth-order valence-corrected chi connectivity index (χ4v) is 19.3. The zero-order valence-electron chi connectivity index (χ0n) is 69.3. The summed E-state index contributed by atoms with van der Waals surface area (Å²) >= 11 is 0. The summed E-state index contributed by atoms with van der Waals surface area (Å²) in [5.41, 5.74) is -12.8. The largest absolute Gasteiger partial charge is 0.478 e. The van der Waals surface area contributed by atoms with E-state index in [-0.39, 0.29) is 66.7 Å². The zero-order valence-corrected chi connectivity index (χ0v) is 69.3. The maximum atomic E-state index is 15.5. The molecule has 0 spiro atoms. The van der Waals surface area contributed by atoms with Crippen molar-refractivity contribution >= 4 is 65.4 Å². The molecule has 644 valence electrons. The first-order valence-corrected chi connectivity index (χ1v) is 39.7. The van der Waals surface area contributed by atoms with Gasteiger partial charge >= 0.3 is 47.9 Å². The molecule has 6 aliphatic carbocycles. The van der Waals surface area contributed by atoms with Crippen LogP contribution in [0.3, 0.4) is 0 Å². The summed E-state index contributed by atoms with van der Waals surface area (Å²) in [5, 5.41) is 98.4. The molecule has 2 amide bonds. The number of carbonyl (C=O) groups is 11. The topological polar surface area (TPSA) is 457 Å². The third kappa shape index (κ3) is 16.6. The van der Waals surface area contributed by atoms with Crippen LogP contribution in [-0.4, -0.2) is 215 Å². The molecule has 30 nitrogen and oxygen atoms in total. The van der Waals surface area contributed by atoms with Crippen LogP contribution in [0, 0.1) is 33.5 Å². The molecule has 2 heterocycles. The zero-order chi connectivity index (χ0) is 88.1. The smallest absolute Gasteiger partial charge is 0.408 e. The monoisotopic (exact) mass is 1660 g/mol. The average molecular weight is 1660 g/mol. The number of aliphatic hydroxyl groups is 7. The van der Waals surface area contributed by atoms with Crippen molar-refractivity contribution in [3.05, 3.63) is 202 Å². The number of esters is 6. The van der Waals surface area contributed by atoms with Gasteiger partial charge in [0.05, 0.1) is 71.0 Å². The van der Waals surface area contributed by atoms with Crippen LogP contribution < -0.4 is 10.6 Å². The highest BCUT2D eigenvalue weighted by Gasteiger charge is 2.79. The van der Waals surface area contributed by atoms with Crippen LogP contribution in [0.1, 0.15) is 183 Å². The molecule has 13 rings (SSSR count). The van der Waals surface area contributed by atoms with E-state index in [0.717, 1.165) is 13.8 Å². The first-order chi connectivity index (χ1) is 56.2. The number of rotatable bonds is 17. The quantitative estimate of drug-likeness (QED) is 0.0244.